The Kier molecular flexibility index (Phi) is 3.91. The second-order valence-corrected chi connectivity index (χ2v) is 10.6. The van der Waals surface area contributed by atoms with Gasteiger partial charge >= 0.3 is 0 Å². The third kappa shape index (κ3) is 2.61. The van der Waals surface area contributed by atoms with Crippen LogP contribution in [0.4, 0.5) is 0 Å². The van der Waals surface area contributed by atoms with Crippen molar-refractivity contribution in [1.29, 1.82) is 0 Å². The van der Waals surface area contributed by atoms with Crippen LogP contribution in [-0.2, 0) is 0 Å². The number of hydrogen-bond donors (Lipinski definition) is 0. The molecule has 0 aliphatic heterocycles. The molecule has 5 heteroatoms. The molecule has 5 aromatic carbocycles. The maximum Gasteiger partial charge on any atom is 0.194 e. The van der Waals surface area contributed by atoms with Crippen molar-refractivity contribution in [2.75, 3.05) is 0 Å². The van der Waals surface area contributed by atoms with Crippen LogP contribution in [-0.4, -0.2) is 18.5 Å². The maximum atomic E-state index is 4.88. The van der Waals surface area contributed by atoms with Crippen LogP contribution < -0.4 is 0 Å². The summed E-state index contributed by atoms with van der Waals surface area (Å²) in [5, 5.41) is 7.12. The summed E-state index contributed by atoms with van der Waals surface area (Å²) in [4.78, 5) is 5.90. The second kappa shape index (κ2) is 7.34. The van der Waals surface area contributed by atoms with E-state index in [1.54, 1.807) is 11.3 Å². The van der Waals surface area contributed by atoms with Gasteiger partial charge in [0.25, 0.3) is 0 Å². The number of benzene rings is 5. The van der Waals surface area contributed by atoms with Crippen LogP contribution in [0.3, 0.4) is 0 Å². The molecule has 0 N–H and O–H groups in total. The van der Waals surface area contributed by atoms with E-state index in [2.05, 4.69) is 134 Å². The van der Waals surface area contributed by atoms with Gasteiger partial charge in [0.1, 0.15) is 0 Å². The van der Waals surface area contributed by atoms with Gasteiger partial charge in [0, 0.05) is 44.5 Å². The Morgan fingerprint density at radius 2 is 1.03 bits per heavy atom. The zero-order valence-corrected chi connectivity index (χ0v) is 21.1. The van der Waals surface area contributed by atoms with E-state index in [1.807, 2.05) is 0 Å². The van der Waals surface area contributed by atoms with Gasteiger partial charge in [-0.2, -0.15) is 0 Å². The number of thiazole rings is 1. The van der Waals surface area contributed by atoms with Crippen molar-refractivity contribution in [3.63, 3.8) is 0 Å². The molecule has 0 saturated heterocycles. The molecule has 4 nitrogen and oxygen atoms in total. The molecular formula is C33H20N4S. The topological polar surface area (TPSA) is 27.2 Å². The average Bonchev–Trinajstić information content (AvgIpc) is 3.71. The molecule has 0 saturated carbocycles. The van der Waals surface area contributed by atoms with Crippen molar-refractivity contribution in [1.82, 2.24) is 18.5 Å². The number of para-hydroxylation sites is 3. The number of imidazole rings is 1. The highest BCUT2D eigenvalue weighted by atomic mass is 32.1. The molecule has 0 amide bonds. The van der Waals surface area contributed by atoms with Crippen LogP contribution in [0.15, 0.2) is 121 Å². The quantitative estimate of drug-likeness (QED) is 0.231. The van der Waals surface area contributed by atoms with Crippen LogP contribution in [0.1, 0.15) is 0 Å². The van der Waals surface area contributed by atoms with E-state index in [-0.39, 0.29) is 0 Å². The number of rotatable bonds is 2. The molecule has 4 heterocycles. The molecule has 38 heavy (non-hydrogen) atoms. The van der Waals surface area contributed by atoms with Gasteiger partial charge in [0.15, 0.2) is 4.96 Å². The Bertz CT molecular complexity index is 2310. The predicted octanol–water partition coefficient (Wildman–Crippen LogP) is 8.74. The lowest BCUT2D eigenvalue weighted by molar-refractivity contribution is 1.17. The van der Waals surface area contributed by atoms with Crippen molar-refractivity contribution < 1.29 is 0 Å². The molecule has 0 atom stereocenters. The van der Waals surface area contributed by atoms with Crippen molar-refractivity contribution >= 4 is 70.9 Å². The molecule has 0 aliphatic rings. The lowest BCUT2D eigenvalue weighted by Gasteiger charge is -2.10. The lowest BCUT2D eigenvalue weighted by Crippen LogP contribution is -1.96. The molecule has 0 bridgehead atoms. The van der Waals surface area contributed by atoms with Crippen molar-refractivity contribution in [3.8, 4) is 11.4 Å². The van der Waals surface area contributed by atoms with Crippen molar-refractivity contribution in [2.24, 2.45) is 0 Å². The van der Waals surface area contributed by atoms with Crippen LogP contribution >= 0.6 is 11.3 Å². The van der Waals surface area contributed by atoms with Gasteiger partial charge in [-0.15, -0.1) is 11.3 Å². The van der Waals surface area contributed by atoms with E-state index in [0.29, 0.717) is 0 Å². The number of nitrogens with zero attached hydrogens (tertiary/aromatic N) is 4. The molecule has 4 aromatic heterocycles. The molecule has 0 unspecified atom stereocenters. The minimum Gasteiger partial charge on any atom is -0.309 e. The molecular weight excluding hydrogens is 484 g/mol. The second-order valence-electron chi connectivity index (χ2n) is 9.76. The van der Waals surface area contributed by atoms with Gasteiger partial charge in [0.2, 0.25) is 0 Å². The Morgan fingerprint density at radius 1 is 0.500 bits per heavy atom. The highest BCUT2D eigenvalue weighted by molar-refractivity contribution is 7.15. The summed E-state index contributed by atoms with van der Waals surface area (Å²) in [6.07, 6.45) is 2.09. The maximum absolute atomic E-state index is 4.88. The van der Waals surface area contributed by atoms with Gasteiger partial charge in [-0.3, -0.25) is 4.40 Å². The molecule has 0 spiro atoms. The Hall–Kier alpha value is -4.87. The summed E-state index contributed by atoms with van der Waals surface area (Å²) < 4.78 is 6.92. The standard InChI is InChI=1S/C33H20N4S/c1-4-10-28-23(7-1)24-8-2-5-11-29(24)36(28)21-13-15-31-26(19-21)25-9-3-6-12-30(25)37(31)22-14-16-32-27(20-22)34-33-35(32)17-18-38-33/h1-20H. The van der Waals surface area contributed by atoms with E-state index in [0.717, 1.165) is 21.7 Å². The Morgan fingerprint density at radius 3 is 1.68 bits per heavy atom. The van der Waals surface area contributed by atoms with Gasteiger partial charge in [0.05, 0.1) is 33.1 Å². The van der Waals surface area contributed by atoms with Crippen LogP contribution in [0.5, 0.6) is 0 Å². The number of hydrogen-bond acceptors (Lipinski definition) is 2. The Labute approximate surface area is 221 Å². The third-order valence-electron chi connectivity index (χ3n) is 7.78. The summed E-state index contributed by atoms with van der Waals surface area (Å²) >= 11 is 1.67. The summed E-state index contributed by atoms with van der Waals surface area (Å²) in [6.45, 7) is 0. The fourth-order valence-corrected chi connectivity index (χ4v) is 6.89. The van der Waals surface area contributed by atoms with E-state index >= 15 is 0 Å². The first-order valence-electron chi connectivity index (χ1n) is 12.7. The Balaban J connectivity index is 1.34. The van der Waals surface area contributed by atoms with Gasteiger partial charge in [-0.1, -0.05) is 54.6 Å². The zero-order chi connectivity index (χ0) is 24.8. The van der Waals surface area contributed by atoms with E-state index < -0.39 is 0 Å². The number of fused-ring (bicyclic) bond motifs is 9. The fraction of sp³-hybridized carbons (Fsp3) is 0. The molecule has 9 rings (SSSR count). The molecule has 0 aliphatic carbocycles. The predicted molar refractivity (Wildman–Crippen MR) is 159 cm³/mol. The first kappa shape index (κ1) is 20.2. The molecule has 9 aromatic rings. The SMILES string of the molecule is c1ccc2c(c1)c1ccccc1n2-c1ccc2c(c1)c1ccccc1n2-c1ccc2c(c1)nc1sccn12. The van der Waals surface area contributed by atoms with E-state index in [1.165, 1.54) is 49.3 Å². The van der Waals surface area contributed by atoms with Crippen LogP contribution in [0, 0.1) is 0 Å². The highest BCUT2D eigenvalue weighted by Gasteiger charge is 2.17. The summed E-state index contributed by atoms with van der Waals surface area (Å²) in [7, 11) is 0. The highest BCUT2D eigenvalue weighted by Crippen LogP contribution is 2.37. The monoisotopic (exact) mass is 504 g/mol. The lowest BCUT2D eigenvalue weighted by atomic mass is 10.1. The fourth-order valence-electron chi connectivity index (χ4n) is 6.16. The van der Waals surface area contributed by atoms with Crippen LogP contribution in [0.25, 0.3) is 71.0 Å². The average molecular weight is 505 g/mol. The third-order valence-corrected chi connectivity index (χ3v) is 8.53. The molecule has 0 fully saturated rings. The van der Waals surface area contributed by atoms with Crippen molar-refractivity contribution in [2.45, 2.75) is 0 Å². The molecule has 0 radical (unpaired) electrons. The minimum atomic E-state index is 1.02. The first-order valence-corrected chi connectivity index (χ1v) is 13.6. The summed E-state index contributed by atoms with van der Waals surface area (Å²) in [5.74, 6) is 0. The van der Waals surface area contributed by atoms with Gasteiger partial charge in [-0.05, 0) is 54.6 Å². The van der Waals surface area contributed by atoms with Gasteiger partial charge < -0.3 is 9.13 Å². The van der Waals surface area contributed by atoms with E-state index in [9.17, 15) is 0 Å². The van der Waals surface area contributed by atoms with E-state index in [4.69, 9.17) is 4.98 Å². The van der Waals surface area contributed by atoms with Crippen molar-refractivity contribution in [3.05, 3.63) is 121 Å². The summed E-state index contributed by atoms with van der Waals surface area (Å²) in [5.41, 5.74) is 9.28. The molecule has 178 valence electrons. The van der Waals surface area contributed by atoms with Gasteiger partial charge in [-0.25, -0.2) is 4.98 Å². The number of aromatic nitrogens is 4. The first-order chi connectivity index (χ1) is 18.8. The van der Waals surface area contributed by atoms with Crippen LogP contribution in [0.2, 0.25) is 0 Å². The summed E-state index contributed by atoms with van der Waals surface area (Å²) in [6, 6.07) is 39.5. The normalized spacial score (nSPS) is 12.2. The smallest absolute Gasteiger partial charge is 0.194 e. The zero-order valence-electron chi connectivity index (χ0n) is 20.2. The minimum absolute atomic E-state index is 1.02. The largest absolute Gasteiger partial charge is 0.309 e.